The van der Waals surface area contributed by atoms with Gasteiger partial charge in [-0.25, -0.2) is 9.59 Å². The molecule has 0 aliphatic carbocycles. The van der Waals surface area contributed by atoms with Crippen molar-refractivity contribution in [1.29, 1.82) is 0 Å². The zero-order valence-electron chi connectivity index (χ0n) is 14.1. The van der Waals surface area contributed by atoms with Gasteiger partial charge in [0.25, 0.3) is 0 Å². The maximum atomic E-state index is 12.2. The molecule has 2 heterocycles. The first kappa shape index (κ1) is 16.9. The van der Waals surface area contributed by atoms with Crippen LogP contribution in [-0.4, -0.2) is 33.9 Å². The highest BCUT2D eigenvalue weighted by molar-refractivity contribution is 6.00. The van der Waals surface area contributed by atoms with Crippen LogP contribution in [0.3, 0.4) is 0 Å². The van der Waals surface area contributed by atoms with Gasteiger partial charge in [0.05, 0.1) is 24.9 Å². The number of carbonyl (C=O) groups excluding carboxylic acids is 2. The van der Waals surface area contributed by atoms with Gasteiger partial charge >= 0.3 is 12.0 Å². The molecule has 0 saturated heterocycles. The Morgan fingerprint density at radius 2 is 2.04 bits per heavy atom. The van der Waals surface area contributed by atoms with Gasteiger partial charge in [-0.3, -0.25) is 0 Å². The molecular formula is C17H21N5O3. The van der Waals surface area contributed by atoms with Crippen LogP contribution < -0.4 is 10.6 Å². The lowest BCUT2D eigenvalue weighted by Gasteiger charge is -2.11. The molecule has 2 amide bonds. The number of nitrogens with zero attached hydrogens (tertiary/aromatic N) is 3. The number of urea groups is 1. The van der Waals surface area contributed by atoms with Crippen LogP contribution in [0.1, 0.15) is 41.3 Å². The second kappa shape index (κ2) is 7.78. The Morgan fingerprint density at radius 1 is 1.20 bits per heavy atom. The molecule has 25 heavy (non-hydrogen) atoms. The summed E-state index contributed by atoms with van der Waals surface area (Å²) in [6.45, 7) is 1.16. The first-order valence-electron chi connectivity index (χ1n) is 8.32. The number of esters is 1. The fraction of sp³-hybridized carbons (Fsp3) is 0.412. The Hall–Kier alpha value is -2.90. The summed E-state index contributed by atoms with van der Waals surface area (Å²) in [6.07, 6.45) is 4.32. The zero-order valence-corrected chi connectivity index (χ0v) is 14.1. The van der Waals surface area contributed by atoms with Crippen LogP contribution in [0.2, 0.25) is 0 Å². The van der Waals surface area contributed by atoms with E-state index in [9.17, 15) is 9.59 Å². The number of nitrogens with one attached hydrogen (secondary N) is 2. The molecule has 2 N–H and O–H groups in total. The molecule has 0 spiro atoms. The lowest BCUT2D eigenvalue weighted by atomic mass is 10.2. The lowest BCUT2D eigenvalue weighted by molar-refractivity contribution is 0.0602. The molecule has 8 heteroatoms. The molecule has 0 bridgehead atoms. The first-order chi connectivity index (χ1) is 12.2. The average Bonchev–Trinajstić information content (AvgIpc) is 2.86. The topological polar surface area (TPSA) is 98.1 Å². The van der Waals surface area contributed by atoms with E-state index in [1.807, 2.05) is 0 Å². The van der Waals surface area contributed by atoms with Gasteiger partial charge in [0.1, 0.15) is 5.82 Å². The molecule has 0 unspecified atom stereocenters. The highest BCUT2D eigenvalue weighted by Crippen LogP contribution is 2.16. The molecule has 132 valence electrons. The minimum atomic E-state index is -0.501. The van der Waals surface area contributed by atoms with Gasteiger partial charge in [-0.2, -0.15) is 0 Å². The number of hydrogen-bond donors (Lipinski definition) is 2. The fourth-order valence-electron chi connectivity index (χ4n) is 2.88. The molecular weight excluding hydrogens is 322 g/mol. The second-order valence-electron chi connectivity index (χ2n) is 5.84. The van der Waals surface area contributed by atoms with Crippen molar-refractivity contribution in [1.82, 2.24) is 20.1 Å². The smallest absolute Gasteiger partial charge is 0.339 e. The zero-order chi connectivity index (χ0) is 17.6. The first-order valence-corrected chi connectivity index (χ1v) is 8.32. The summed E-state index contributed by atoms with van der Waals surface area (Å²) in [5.74, 6) is 1.22. The number of anilines is 1. The van der Waals surface area contributed by atoms with Crippen LogP contribution in [0.4, 0.5) is 10.5 Å². The Balaban J connectivity index is 1.63. The van der Waals surface area contributed by atoms with Crippen LogP contribution in [-0.2, 0) is 24.2 Å². The van der Waals surface area contributed by atoms with E-state index in [2.05, 4.69) is 25.4 Å². The summed E-state index contributed by atoms with van der Waals surface area (Å²) in [5.41, 5.74) is 0.698. The van der Waals surface area contributed by atoms with E-state index >= 15 is 0 Å². The summed E-state index contributed by atoms with van der Waals surface area (Å²) in [6, 6.07) is 6.28. The Kier molecular flexibility index (Phi) is 5.27. The van der Waals surface area contributed by atoms with Crippen LogP contribution in [0, 0.1) is 0 Å². The van der Waals surface area contributed by atoms with E-state index in [-0.39, 0.29) is 6.54 Å². The predicted molar refractivity (Wildman–Crippen MR) is 91.2 cm³/mol. The monoisotopic (exact) mass is 343 g/mol. The largest absolute Gasteiger partial charge is 0.465 e. The normalized spacial score (nSPS) is 13.5. The third kappa shape index (κ3) is 3.96. The van der Waals surface area contributed by atoms with E-state index in [1.165, 1.54) is 13.5 Å². The number of para-hydroxylation sites is 1. The van der Waals surface area contributed by atoms with E-state index in [4.69, 9.17) is 4.74 Å². The average molecular weight is 343 g/mol. The molecule has 3 rings (SSSR count). The maximum absolute atomic E-state index is 12.2. The van der Waals surface area contributed by atoms with E-state index in [0.717, 1.165) is 37.5 Å². The van der Waals surface area contributed by atoms with Gasteiger partial charge < -0.3 is 19.9 Å². The van der Waals surface area contributed by atoms with Crippen LogP contribution in [0.5, 0.6) is 0 Å². The third-order valence-electron chi connectivity index (χ3n) is 4.17. The Labute approximate surface area is 145 Å². The van der Waals surface area contributed by atoms with Gasteiger partial charge in [0.15, 0.2) is 5.82 Å². The summed E-state index contributed by atoms with van der Waals surface area (Å²) in [5, 5.41) is 13.8. The van der Waals surface area contributed by atoms with Crippen molar-refractivity contribution < 1.29 is 14.3 Å². The number of rotatable bonds is 4. The molecule has 1 aliphatic heterocycles. The van der Waals surface area contributed by atoms with Crippen molar-refractivity contribution in [3.63, 3.8) is 0 Å². The van der Waals surface area contributed by atoms with Crippen LogP contribution in [0.25, 0.3) is 0 Å². The van der Waals surface area contributed by atoms with Crippen LogP contribution >= 0.6 is 0 Å². The molecule has 0 saturated carbocycles. The number of ether oxygens (including phenoxy) is 1. The summed E-state index contributed by atoms with van der Waals surface area (Å²) in [7, 11) is 1.30. The van der Waals surface area contributed by atoms with Crippen molar-refractivity contribution in [2.45, 2.75) is 38.8 Å². The highest BCUT2D eigenvalue weighted by atomic mass is 16.5. The molecule has 0 radical (unpaired) electrons. The third-order valence-corrected chi connectivity index (χ3v) is 4.17. The van der Waals surface area contributed by atoms with Crippen molar-refractivity contribution in [3.05, 3.63) is 41.5 Å². The number of carbonyl (C=O) groups is 2. The van der Waals surface area contributed by atoms with Gasteiger partial charge in [-0.15, -0.1) is 10.2 Å². The number of amides is 2. The van der Waals surface area contributed by atoms with Gasteiger partial charge in [0.2, 0.25) is 0 Å². The molecule has 0 atom stereocenters. The van der Waals surface area contributed by atoms with E-state index in [1.54, 1.807) is 24.3 Å². The maximum Gasteiger partial charge on any atom is 0.339 e. The lowest BCUT2D eigenvalue weighted by Crippen LogP contribution is -2.30. The van der Waals surface area contributed by atoms with E-state index < -0.39 is 12.0 Å². The summed E-state index contributed by atoms with van der Waals surface area (Å²) in [4.78, 5) is 23.9. The highest BCUT2D eigenvalue weighted by Gasteiger charge is 2.16. The molecule has 2 aromatic rings. The number of hydrogen-bond acceptors (Lipinski definition) is 5. The standard InChI is InChI=1S/C17H21N5O3/c1-25-16(23)12-7-4-5-8-13(12)19-17(24)18-11-15-21-20-14-9-3-2-6-10-22(14)15/h4-5,7-8H,2-3,6,9-11H2,1H3,(H2,18,19,24). The number of benzene rings is 1. The molecule has 1 aromatic carbocycles. The van der Waals surface area contributed by atoms with Gasteiger partial charge in [-0.05, 0) is 25.0 Å². The SMILES string of the molecule is COC(=O)c1ccccc1NC(=O)NCc1nnc2n1CCCCC2. The Morgan fingerprint density at radius 3 is 2.88 bits per heavy atom. The molecule has 0 fully saturated rings. The predicted octanol–water partition coefficient (Wildman–Crippen LogP) is 2.11. The van der Waals surface area contributed by atoms with Crippen molar-refractivity contribution in [3.8, 4) is 0 Å². The van der Waals surface area contributed by atoms with Crippen molar-refractivity contribution in [2.24, 2.45) is 0 Å². The van der Waals surface area contributed by atoms with Gasteiger partial charge in [-0.1, -0.05) is 18.6 Å². The number of aryl methyl sites for hydroxylation is 1. The second-order valence-corrected chi connectivity index (χ2v) is 5.84. The number of methoxy groups -OCH3 is 1. The quantitative estimate of drug-likeness (QED) is 0.829. The van der Waals surface area contributed by atoms with Crippen molar-refractivity contribution in [2.75, 3.05) is 12.4 Å². The number of fused-ring (bicyclic) bond motifs is 1. The number of aromatic nitrogens is 3. The Bertz CT molecular complexity index is 771. The molecule has 1 aromatic heterocycles. The summed E-state index contributed by atoms with van der Waals surface area (Å²) >= 11 is 0. The minimum absolute atomic E-state index is 0.277. The van der Waals surface area contributed by atoms with Crippen LogP contribution in [0.15, 0.2) is 24.3 Å². The molecule has 1 aliphatic rings. The minimum Gasteiger partial charge on any atom is -0.465 e. The van der Waals surface area contributed by atoms with Crippen molar-refractivity contribution >= 4 is 17.7 Å². The van der Waals surface area contributed by atoms with E-state index in [0.29, 0.717) is 11.3 Å². The summed E-state index contributed by atoms with van der Waals surface area (Å²) < 4.78 is 6.80. The fourth-order valence-corrected chi connectivity index (χ4v) is 2.88. The molecule has 8 nitrogen and oxygen atoms in total. The van der Waals surface area contributed by atoms with Gasteiger partial charge in [0, 0.05) is 13.0 Å².